The van der Waals surface area contributed by atoms with Gasteiger partial charge in [0, 0.05) is 24.2 Å². The van der Waals surface area contributed by atoms with Crippen molar-refractivity contribution in [3.63, 3.8) is 0 Å². The second-order valence-electron chi connectivity index (χ2n) is 4.22. The van der Waals surface area contributed by atoms with E-state index < -0.39 is 5.97 Å². The SMILES string of the molecule is Cc1cccc2nc(C(=O)NCCSCC(=O)O)cn12. The van der Waals surface area contributed by atoms with Crippen LogP contribution in [0.2, 0.25) is 0 Å². The monoisotopic (exact) mass is 293 g/mol. The Kier molecular flexibility index (Phi) is 4.62. The molecule has 0 aliphatic heterocycles. The van der Waals surface area contributed by atoms with Crippen LogP contribution in [0.1, 0.15) is 16.2 Å². The number of imidazole rings is 1. The van der Waals surface area contributed by atoms with Gasteiger partial charge in [-0.2, -0.15) is 0 Å². The van der Waals surface area contributed by atoms with Crippen LogP contribution < -0.4 is 5.32 Å². The summed E-state index contributed by atoms with van der Waals surface area (Å²) in [5, 5.41) is 11.2. The standard InChI is InChI=1S/C13H15N3O3S/c1-9-3-2-4-11-15-10(7-16(9)11)13(19)14-5-6-20-8-12(17)18/h2-4,7H,5-6,8H2,1H3,(H,14,19)(H,17,18). The number of rotatable bonds is 6. The van der Waals surface area contributed by atoms with Crippen LogP contribution >= 0.6 is 11.8 Å². The first-order valence-corrected chi connectivity index (χ1v) is 7.26. The van der Waals surface area contributed by atoms with Crippen molar-refractivity contribution in [2.24, 2.45) is 0 Å². The number of nitrogens with one attached hydrogen (secondary N) is 1. The number of carboxylic acids is 1. The molecule has 2 aromatic rings. The third-order valence-corrected chi connectivity index (χ3v) is 3.63. The minimum atomic E-state index is -0.850. The van der Waals surface area contributed by atoms with E-state index in [0.717, 1.165) is 11.3 Å². The summed E-state index contributed by atoms with van der Waals surface area (Å²) >= 11 is 1.27. The predicted octanol–water partition coefficient (Wildman–Crippen LogP) is 1.19. The average Bonchev–Trinajstić information content (AvgIpc) is 2.83. The van der Waals surface area contributed by atoms with E-state index in [4.69, 9.17) is 5.11 Å². The molecule has 0 aromatic carbocycles. The highest BCUT2D eigenvalue weighted by Crippen LogP contribution is 2.08. The third-order valence-electron chi connectivity index (χ3n) is 2.69. The molecule has 0 saturated carbocycles. The number of aliphatic carboxylic acids is 1. The summed E-state index contributed by atoms with van der Waals surface area (Å²) in [6, 6.07) is 5.67. The van der Waals surface area contributed by atoms with Gasteiger partial charge in [-0.3, -0.25) is 9.59 Å². The number of hydrogen-bond donors (Lipinski definition) is 2. The van der Waals surface area contributed by atoms with E-state index in [1.807, 2.05) is 29.5 Å². The molecule has 0 radical (unpaired) electrons. The minimum Gasteiger partial charge on any atom is -0.481 e. The highest BCUT2D eigenvalue weighted by molar-refractivity contribution is 7.99. The largest absolute Gasteiger partial charge is 0.481 e. The molecule has 6 nitrogen and oxygen atoms in total. The summed E-state index contributed by atoms with van der Waals surface area (Å²) in [6.07, 6.45) is 1.70. The highest BCUT2D eigenvalue weighted by Gasteiger charge is 2.10. The molecule has 2 aromatic heterocycles. The molecule has 0 aliphatic carbocycles. The third kappa shape index (κ3) is 3.51. The van der Waals surface area contributed by atoms with Crippen LogP contribution in [-0.4, -0.2) is 44.4 Å². The van der Waals surface area contributed by atoms with Crippen molar-refractivity contribution >= 4 is 29.3 Å². The second-order valence-corrected chi connectivity index (χ2v) is 5.33. The first kappa shape index (κ1) is 14.4. The van der Waals surface area contributed by atoms with Crippen LogP contribution in [0.5, 0.6) is 0 Å². The number of amides is 1. The summed E-state index contributed by atoms with van der Waals surface area (Å²) in [4.78, 5) is 26.5. The molecule has 2 rings (SSSR count). The van der Waals surface area contributed by atoms with Crippen molar-refractivity contribution < 1.29 is 14.7 Å². The summed E-state index contributed by atoms with van der Waals surface area (Å²) in [5.74, 6) is -0.491. The van der Waals surface area contributed by atoms with Crippen molar-refractivity contribution in [3.8, 4) is 0 Å². The Morgan fingerprint density at radius 3 is 2.95 bits per heavy atom. The number of aryl methyl sites for hydroxylation is 1. The smallest absolute Gasteiger partial charge is 0.313 e. The lowest BCUT2D eigenvalue weighted by molar-refractivity contribution is -0.133. The molecule has 0 saturated heterocycles. The van der Waals surface area contributed by atoms with Crippen LogP contribution in [-0.2, 0) is 4.79 Å². The van der Waals surface area contributed by atoms with E-state index in [-0.39, 0.29) is 11.7 Å². The molecule has 0 atom stereocenters. The maximum Gasteiger partial charge on any atom is 0.313 e. The molecule has 0 unspecified atom stereocenters. The van der Waals surface area contributed by atoms with Gasteiger partial charge in [0.15, 0.2) is 0 Å². The fourth-order valence-corrected chi connectivity index (χ4v) is 2.31. The Morgan fingerprint density at radius 2 is 2.25 bits per heavy atom. The van der Waals surface area contributed by atoms with Crippen molar-refractivity contribution in [3.05, 3.63) is 35.8 Å². The lowest BCUT2D eigenvalue weighted by Gasteiger charge is -2.01. The van der Waals surface area contributed by atoms with Gasteiger partial charge >= 0.3 is 5.97 Å². The van der Waals surface area contributed by atoms with Gasteiger partial charge in [0.05, 0.1) is 5.75 Å². The Balaban J connectivity index is 1.91. The van der Waals surface area contributed by atoms with Crippen molar-refractivity contribution in [1.29, 1.82) is 0 Å². The molecular weight excluding hydrogens is 278 g/mol. The first-order valence-electron chi connectivity index (χ1n) is 6.10. The molecule has 1 amide bonds. The van der Waals surface area contributed by atoms with E-state index >= 15 is 0 Å². The summed E-state index contributed by atoms with van der Waals surface area (Å²) in [7, 11) is 0. The number of hydrogen-bond acceptors (Lipinski definition) is 4. The predicted molar refractivity (Wildman–Crippen MR) is 77.2 cm³/mol. The molecular formula is C13H15N3O3S. The number of aromatic nitrogens is 2. The van der Waals surface area contributed by atoms with E-state index in [0.29, 0.717) is 18.0 Å². The molecule has 20 heavy (non-hydrogen) atoms. The Labute approximate surface area is 120 Å². The molecule has 106 valence electrons. The molecule has 0 bridgehead atoms. The fourth-order valence-electron chi connectivity index (χ4n) is 1.74. The number of fused-ring (bicyclic) bond motifs is 1. The number of carbonyl (C=O) groups excluding carboxylic acids is 1. The Hall–Kier alpha value is -2.02. The van der Waals surface area contributed by atoms with Crippen molar-refractivity contribution in [1.82, 2.24) is 14.7 Å². The van der Waals surface area contributed by atoms with Gasteiger partial charge in [-0.25, -0.2) is 4.98 Å². The molecule has 2 heterocycles. The zero-order chi connectivity index (χ0) is 14.5. The van der Waals surface area contributed by atoms with Crippen LogP contribution in [0.3, 0.4) is 0 Å². The van der Waals surface area contributed by atoms with Gasteiger partial charge in [0.2, 0.25) is 0 Å². The molecule has 2 N–H and O–H groups in total. The number of thioether (sulfide) groups is 1. The van der Waals surface area contributed by atoms with Gasteiger partial charge in [0.25, 0.3) is 5.91 Å². The van der Waals surface area contributed by atoms with E-state index in [9.17, 15) is 9.59 Å². The Bertz CT molecular complexity index is 639. The highest BCUT2D eigenvalue weighted by atomic mass is 32.2. The van der Waals surface area contributed by atoms with Crippen molar-refractivity contribution in [2.45, 2.75) is 6.92 Å². The van der Waals surface area contributed by atoms with Crippen LogP contribution in [0.4, 0.5) is 0 Å². The van der Waals surface area contributed by atoms with Crippen LogP contribution in [0.25, 0.3) is 5.65 Å². The molecule has 0 aliphatic rings. The summed E-state index contributed by atoms with van der Waals surface area (Å²) < 4.78 is 1.86. The molecule has 0 spiro atoms. The molecule has 0 fully saturated rings. The quantitative estimate of drug-likeness (QED) is 0.782. The maximum absolute atomic E-state index is 11.9. The first-order chi connectivity index (χ1) is 9.58. The van der Waals surface area contributed by atoms with Crippen LogP contribution in [0.15, 0.2) is 24.4 Å². The Morgan fingerprint density at radius 1 is 1.45 bits per heavy atom. The zero-order valence-corrected chi connectivity index (χ0v) is 11.8. The van der Waals surface area contributed by atoms with Gasteiger partial charge in [0.1, 0.15) is 11.3 Å². The van der Waals surface area contributed by atoms with Gasteiger partial charge < -0.3 is 14.8 Å². The zero-order valence-electron chi connectivity index (χ0n) is 11.0. The van der Waals surface area contributed by atoms with Crippen molar-refractivity contribution in [2.75, 3.05) is 18.1 Å². The van der Waals surface area contributed by atoms with E-state index in [1.54, 1.807) is 6.20 Å². The number of pyridine rings is 1. The fraction of sp³-hybridized carbons (Fsp3) is 0.308. The lowest BCUT2D eigenvalue weighted by Crippen LogP contribution is -2.26. The summed E-state index contributed by atoms with van der Waals surface area (Å²) in [5.41, 5.74) is 2.10. The van der Waals surface area contributed by atoms with Crippen LogP contribution in [0, 0.1) is 6.92 Å². The molecule has 7 heteroatoms. The lowest BCUT2D eigenvalue weighted by atomic mass is 10.4. The van der Waals surface area contributed by atoms with Gasteiger partial charge in [-0.05, 0) is 19.1 Å². The van der Waals surface area contributed by atoms with E-state index in [2.05, 4.69) is 10.3 Å². The van der Waals surface area contributed by atoms with E-state index in [1.165, 1.54) is 11.8 Å². The second kappa shape index (κ2) is 6.42. The number of carboxylic acid groups (broad SMARTS) is 1. The number of carbonyl (C=O) groups is 2. The minimum absolute atomic E-state index is 0.0451. The normalized spacial score (nSPS) is 10.7. The maximum atomic E-state index is 11.9. The average molecular weight is 293 g/mol. The van der Waals surface area contributed by atoms with Gasteiger partial charge in [-0.1, -0.05) is 6.07 Å². The summed E-state index contributed by atoms with van der Waals surface area (Å²) in [6.45, 7) is 2.36. The topological polar surface area (TPSA) is 83.7 Å². The number of nitrogens with zero attached hydrogens (tertiary/aromatic N) is 2. The van der Waals surface area contributed by atoms with Gasteiger partial charge in [-0.15, -0.1) is 11.8 Å².